The lowest BCUT2D eigenvalue weighted by molar-refractivity contribution is -0.135. The second kappa shape index (κ2) is 8.33. The van der Waals surface area contributed by atoms with Gasteiger partial charge in [-0.1, -0.05) is 11.6 Å². The summed E-state index contributed by atoms with van der Waals surface area (Å²) in [5.74, 6) is 0.0100. The summed E-state index contributed by atoms with van der Waals surface area (Å²) in [4.78, 5) is 47.8. The Morgan fingerprint density at radius 1 is 1.06 bits per heavy atom. The van der Waals surface area contributed by atoms with Crippen LogP contribution < -0.4 is 5.56 Å². The smallest absolute Gasteiger partial charge is 0.254 e. The van der Waals surface area contributed by atoms with E-state index >= 15 is 0 Å². The first-order chi connectivity index (χ1) is 15.4. The minimum absolute atomic E-state index is 0.164. The van der Waals surface area contributed by atoms with Gasteiger partial charge in [-0.25, -0.2) is 0 Å². The van der Waals surface area contributed by atoms with Gasteiger partial charge in [-0.15, -0.1) is 0 Å². The number of H-pyrrole nitrogens is 1. The Hall–Kier alpha value is -2.71. The highest BCUT2D eigenvalue weighted by Gasteiger charge is 2.51. The fraction of sp³-hybridized carbons (Fsp3) is 0.542. The van der Waals surface area contributed by atoms with E-state index in [4.69, 9.17) is 4.74 Å². The third-order valence-corrected chi connectivity index (χ3v) is 7.26. The predicted octanol–water partition coefficient (Wildman–Crippen LogP) is 1.23. The molecule has 8 nitrogen and oxygen atoms in total. The van der Waals surface area contributed by atoms with Crippen molar-refractivity contribution in [1.29, 1.82) is 0 Å². The molecule has 3 fully saturated rings. The van der Waals surface area contributed by atoms with Crippen LogP contribution in [0.1, 0.15) is 28.8 Å². The maximum Gasteiger partial charge on any atom is 0.254 e. The summed E-state index contributed by atoms with van der Waals surface area (Å²) in [5.41, 5.74) is 1.34. The van der Waals surface area contributed by atoms with Crippen LogP contribution in [-0.2, 0) is 9.53 Å². The first-order valence-corrected chi connectivity index (χ1v) is 11.5. The molecule has 1 aromatic heterocycles. The van der Waals surface area contributed by atoms with Gasteiger partial charge in [0.25, 0.3) is 5.91 Å². The highest BCUT2D eigenvalue weighted by molar-refractivity contribution is 6.06. The van der Waals surface area contributed by atoms with E-state index < -0.39 is 5.41 Å². The quantitative estimate of drug-likeness (QED) is 0.776. The zero-order valence-electron chi connectivity index (χ0n) is 18.6. The molecule has 5 rings (SSSR count). The lowest BCUT2D eigenvalue weighted by atomic mass is 9.85. The molecule has 1 N–H and O–H groups in total. The van der Waals surface area contributed by atoms with E-state index in [1.165, 1.54) is 6.07 Å². The second-order valence-corrected chi connectivity index (χ2v) is 9.35. The predicted molar refractivity (Wildman–Crippen MR) is 121 cm³/mol. The van der Waals surface area contributed by atoms with Crippen molar-refractivity contribution < 1.29 is 14.3 Å². The summed E-state index contributed by atoms with van der Waals surface area (Å²) < 4.78 is 5.40. The fourth-order valence-corrected chi connectivity index (χ4v) is 5.33. The molecule has 4 heterocycles. The molecule has 0 aliphatic carbocycles. The Bertz CT molecular complexity index is 1110. The van der Waals surface area contributed by atoms with Gasteiger partial charge in [0.1, 0.15) is 0 Å². The maximum absolute atomic E-state index is 13.4. The maximum atomic E-state index is 13.4. The van der Waals surface area contributed by atoms with Gasteiger partial charge in [0, 0.05) is 62.8 Å². The number of aryl methyl sites for hydroxylation is 1. The number of likely N-dealkylation sites (tertiary alicyclic amines) is 2. The van der Waals surface area contributed by atoms with Crippen LogP contribution in [0.2, 0.25) is 0 Å². The van der Waals surface area contributed by atoms with Crippen LogP contribution in [0.3, 0.4) is 0 Å². The minimum Gasteiger partial charge on any atom is -0.379 e. The van der Waals surface area contributed by atoms with Gasteiger partial charge in [0.2, 0.25) is 11.5 Å². The van der Waals surface area contributed by atoms with Crippen LogP contribution in [0.25, 0.3) is 10.9 Å². The number of morpholine rings is 1. The number of fused-ring (bicyclic) bond motifs is 1. The Balaban J connectivity index is 1.30. The zero-order valence-corrected chi connectivity index (χ0v) is 18.6. The molecular weight excluding hydrogens is 408 g/mol. The number of nitrogens with one attached hydrogen (secondary N) is 1. The number of amides is 2. The van der Waals surface area contributed by atoms with Crippen molar-refractivity contribution in [2.75, 3.05) is 59.0 Å². The molecule has 1 unspecified atom stereocenters. The summed E-state index contributed by atoms with van der Waals surface area (Å²) >= 11 is 0. The molecule has 1 atom stereocenters. The van der Waals surface area contributed by atoms with Crippen molar-refractivity contribution in [2.45, 2.75) is 19.8 Å². The van der Waals surface area contributed by atoms with E-state index in [-0.39, 0.29) is 17.4 Å². The van der Waals surface area contributed by atoms with Crippen molar-refractivity contribution in [3.05, 3.63) is 45.7 Å². The van der Waals surface area contributed by atoms with Crippen molar-refractivity contribution in [3.63, 3.8) is 0 Å². The fourth-order valence-electron chi connectivity index (χ4n) is 5.33. The standard InChI is InChI=1S/C24H30N4O4/c1-17-2-3-20-18(14-17)19(15-21(29)25-20)22(30)28-7-5-24(16-28)4-6-27(23(24)31)9-8-26-10-12-32-13-11-26/h2-3,14-15H,4-13,16H2,1H3,(H,25,29). The van der Waals surface area contributed by atoms with Crippen molar-refractivity contribution in [3.8, 4) is 0 Å². The molecule has 8 heteroatoms. The number of rotatable bonds is 4. The van der Waals surface area contributed by atoms with Gasteiger partial charge < -0.3 is 19.5 Å². The number of hydrogen-bond acceptors (Lipinski definition) is 5. The van der Waals surface area contributed by atoms with Gasteiger partial charge in [-0.05, 0) is 31.9 Å². The van der Waals surface area contributed by atoms with Crippen molar-refractivity contribution in [2.24, 2.45) is 5.41 Å². The number of pyridine rings is 1. The van der Waals surface area contributed by atoms with Gasteiger partial charge >= 0.3 is 0 Å². The molecule has 32 heavy (non-hydrogen) atoms. The summed E-state index contributed by atoms with van der Waals surface area (Å²) in [7, 11) is 0. The number of benzene rings is 1. The number of carbonyl (C=O) groups excluding carboxylic acids is 2. The lowest BCUT2D eigenvalue weighted by Crippen LogP contribution is -2.44. The van der Waals surface area contributed by atoms with Crippen LogP contribution in [0.4, 0.5) is 0 Å². The number of hydrogen-bond donors (Lipinski definition) is 1. The van der Waals surface area contributed by atoms with Crippen molar-refractivity contribution >= 4 is 22.7 Å². The van der Waals surface area contributed by atoms with Crippen molar-refractivity contribution in [1.82, 2.24) is 19.7 Å². The lowest BCUT2D eigenvalue weighted by Gasteiger charge is -2.29. The molecule has 0 saturated carbocycles. The molecule has 0 radical (unpaired) electrons. The monoisotopic (exact) mass is 438 g/mol. The van der Waals surface area contributed by atoms with Crippen LogP contribution in [0, 0.1) is 12.3 Å². The summed E-state index contributed by atoms with van der Waals surface area (Å²) in [6, 6.07) is 7.07. The molecule has 3 aliphatic rings. The molecule has 1 spiro atoms. The largest absolute Gasteiger partial charge is 0.379 e. The van der Waals surface area contributed by atoms with E-state index in [1.54, 1.807) is 4.90 Å². The van der Waals surface area contributed by atoms with Crippen LogP contribution >= 0.6 is 0 Å². The SMILES string of the molecule is Cc1ccc2[nH]c(=O)cc(C(=O)N3CCC4(CCN(CCN5CCOCC5)C4=O)C3)c2c1. The average Bonchev–Trinajstić information content (AvgIpc) is 3.37. The van der Waals surface area contributed by atoms with Crippen LogP contribution in [-0.4, -0.2) is 90.5 Å². The summed E-state index contributed by atoms with van der Waals surface area (Å²) in [5, 5.41) is 0.750. The average molecular weight is 439 g/mol. The minimum atomic E-state index is -0.479. The number of aromatic nitrogens is 1. The topological polar surface area (TPSA) is 86.0 Å². The van der Waals surface area contributed by atoms with Gasteiger partial charge in [0.15, 0.2) is 0 Å². The Morgan fingerprint density at radius 2 is 1.84 bits per heavy atom. The molecule has 2 aromatic rings. The summed E-state index contributed by atoms with van der Waals surface area (Å²) in [6.45, 7) is 8.62. The Labute approximate surface area is 187 Å². The highest BCUT2D eigenvalue weighted by atomic mass is 16.5. The van der Waals surface area contributed by atoms with Gasteiger partial charge in [-0.2, -0.15) is 0 Å². The zero-order chi connectivity index (χ0) is 22.3. The molecule has 3 saturated heterocycles. The molecule has 1 aromatic carbocycles. The number of ether oxygens (including phenoxy) is 1. The number of nitrogens with zero attached hydrogens (tertiary/aromatic N) is 3. The van der Waals surface area contributed by atoms with Crippen LogP contribution in [0.5, 0.6) is 0 Å². The second-order valence-electron chi connectivity index (χ2n) is 9.35. The number of carbonyl (C=O) groups is 2. The van der Waals surface area contributed by atoms with Crippen LogP contribution in [0.15, 0.2) is 29.1 Å². The Kier molecular flexibility index (Phi) is 5.51. The third kappa shape index (κ3) is 3.82. The van der Waals surface area contributed by atoms with E-state index in [9.17, 15) is 14.4 Å². The first-order valence-electron chi connectivity index (χ1n) is 11.5. The molecule has 2 amide bonds. The molecular formula is C24H30N4O4. The molecule has 0 bridgehead atoms. The Morgan fingerprint density at radius 3 is 2.66 bits per heavy atom. The van der Waals surface area contributed by atoms with Gasteiger partial charge in [-0.3, -0.25) is 19.3 Å². The molecule has 3 aliphatic heterocycles. The normalized spacial score (nSPS) is 24.2. The number of aromatic amines is 1. The van der Waals surface area contributed by atoms with E-state index in [1.807, 2.05) is 30.0 Å². The van der Waals surface area contributed by atoms with E-state index in [0.717, 1.165) is 63.3 Å². The van der Waals surface area contributed by atoms with E-state index in [0.29, 0.717) is 30.6 Å². The molecule has 170 valence electrons. The van der Waals surface area contributed by atoms with Gasteiger partial charge in [0.05, 0.1) is 24.2 Å². The van der Waals surface area contributed by atoms with E-state index in [2.05, 4.69) is 9.88 Å². The first kappa shape index (κ1) is 21.2. The third-order valence-electron chi connectivity index (χ3n) is 7.26. The highest BCUT2D eigenvalue weighted by Crippen LogP contribution is 2.41. The summed E-state index contributed by atoms with van der Waals surface area (Å²) in [6.07, 6.45) is 1.47.